The maximum atomic E-state index is 11.9. The van der Waals surface area contributed by atoms with Crippen molar-refractivity contribution in [2.75, 3.05) is 0 Å². The molecular weight excluding hydrogens is 383 g/mol. The largest absolute Gasteiger partial charge is 0.487 e. The summed E-state index contributed by atoms with van der Waals surface area (Å²) >= 11 is 12.4. The Kier molecular flexibility index (Phi) is 6.47. The fourth-order valence-corrected chi connectivity index (χ4v) is 2.74. The highest BCUT2D eigenvalue weighted by molar-refractivity contribution is 6.32. The number of hydrazone groups is 1. The first-order chi connectivity index (χ1) is 13.1. The minimum atomic E-state index is -0.280. The lowest BCUT2D eigenvalue weighted by molar-refractivity contribution is 0.0955. The van der Waals surface area contributed by atoms with Crippen LogP contribution in [-0.4, -0.2) is 12.1 Å². The van der Waals surface area contributed by atoms with E-state index < -0.39 is 0 Å². The Labute approximate surface area is 167 Å². The second-order valence-electron chi connectivity index (χ2n) is 5.64. The molecule has 136 valence electrons. The summed E-state index contributed by atoms with van der Waals surface area (Å²) in [6.07, 6.45) is 1.52. The van der Waals surface area contributed by atoms with Crippen molar-refractivity contribution in [3.63, 3.8) is 0 Å². The molecule has 3 aromatic carbocycles. The Morgan fingerprint density at radius 2 is 1.70 bits per heavy atom. The molecule has 0 heterocycles. The van der Waals surface area contributed by atoms with Gasteiger partial charge in [0.2, 0.25) is 0 Å². The topological polar surface area (TPSA) is 50.7 Å². The SMILES string of the molecule is O=C(N/N=C\c1ccc(OCc2ccccc2Cl)c(Cl)c1)c1ccccc1. The third-order valence-electron chi connectivity index (χ3n) is 3.71. The molecular formula is C21H16Cl2N2O2. The summed E-state index contributed by atoms with van der Waals surface area (Å²) in [4.78, 5) is 11.9. The number of nitrogens with one attached hydrogen (secondary N) is 1. The van der Waals surface area contributed by atoms with Crippen molar-refractivity contribution in [1.82, 2.24) is 5.43 Å². The van der Waals surface area contributed by atoms with Crippen LogP contribution < -0.4 is 10.2 Å². The highest BCUT2D eigenvalue weighted by atomic mass is 35.5. The van der Waals surface area contributed by atoms with Crippen molar-refractivity contribution in [3.05, 3.63) is 99.5 Å². The van der Waals surface area contributed by atoms with Crippen LogP contribution in [0.15, 0.2) is 77.9 Å². The number of hydrogen-bond acceptors (Lipinski definition) is 3. The van der Waals surface area contributed by atoms with E-state index in [1.54, 1.807) is 42.5 Å². The maximum Gasteiger partial charge on any atom is 0.271 e. The van der Waals surface area contributed by atoms with Crippen molar-refractivity contribution < 1.29 is 9.53 Å². The van der Waals surface area contributed by atoms with E-state index in [9.17, 15) is 4.79 Å². The highest BCUT2D eigenvalue weighted by Gasteiger charge is 2.06. The molecule has 1 N–H and O–H groups in total. The molecule has 4 nitrogen and oxygen atoms in total. The predicted octanol–water partition coefficient (Wildman–Crippen LogP) is 5.34. The molecule has 27 heavy (non-hydrogen) atoms. The number of carbonyl (C=O) groups is 1. The van der Waals surface area contributed by atoms with Crippen LogP contribution in [0.25, 0.3) is 0 Å². The summed E-state index contributed by atoms with van der Waals surface area (Å²) in [5.41, 5.74) is 4.63. The summed E-state index contributed by atoms with van der Waals surface area (Å²) < 4.78 is 5.73. The zero-order valence-corrected chi connectivity index (χ0v) is 15.7. The van der Waals surface area contributed by atoms with Crippen molar-refractivity contribution >= 4 is 35.3 Å². The van der Waals surface area contributed by atoms with Crippen LogP contribution in [0.1, 0.15) is 21.5 Å². The van der Waals surface area contributed by atoms with Gasteiger partial charge in [0.25, 0.3) is 5.91 Å². The van der Waals surface area contributed by atoms with Crippen LogP contribution >= 0.6 is 23.2 Å². The molecule has 0 fully saturated rings. The van der Waals surface area contributed by atoms with Gasteiger partial charge in [-0.1, -0.05) is 59.6 Å². The number of rotatable bonds is 6. The van der Waals surface area contributed by atoms with Gasteiger partial charge < -0.3 is 4.74 Å². The van der Waals surface area contributed by atoms with Crippen LogP contribution in [0.2, 0.25) is 10.0 Å². The van der Waals surface area contributed by atoms with Crippen molar-refractivity contribution in [3.8, 4) is 5.75 Å². The van der Waals surface area contributed by atoms with Gasteiger partial charge in [0.1, 0.15) is 12.4 Å². The minimum absolute atomic E-state index is 0.280. The molecule has 0 unspecified atom stereocenters. The molecule has 1 amide bonds. The van der Waals surface area contributed by atoms with Crippen LogP contribution in [0.3, 0.4) is 0 Å². The summed E-state index contributed by atoms with van der Waals surface area (Å²) in [6.45, 7) is 0.319. The van der Waals surface area contributed by atoms with Crippen LogP contribution in [-0.2, 0) is 6.61 Å². The smallest absolute Gasteiger partial charge is 0.271 e. The number of ether oxygens (including phenoxy) is 1. The van der Waals surface area contributed by atoms with Crippen LogP contribution in [0.4, 0.5) is 0 Å². The number of hydrogen-bond donors (Lipinski definition) is 1. The standard InChI is InChI=1S/C21H16Cl2N2O2/c22-18-9-5-4-8-17(18)14-27-20-11-10-15(12-19(20)23)13-24-25-21(26)16-6-2-1-3-7-16/h1-13H,14H2,(H,25,26)/b24-13-. The fraction of sp³-hybridized carbons (Fsp3) is 0.0476. The van der Waals surface area contributed by atoms with Crippen LogP contribution in [0, 0.1) is 0 Å². The summed E-state index contributed by atoms with van der Waals surface area (Å²) in [6, 6.07) is 21.6. The molecule has 0 atom stereocenters. The molecule has 0 spiro atoms. The fourth-order valence-electron chi connectivity index (χ4n) is 2.30. The van der Waals surface area contributed by atoms with Crippen LogP contribution in [0.5, 0.6) is 5.75 Å². The lowest BCUT2D eigenvalue weighted by Crippen LogP contribution is -2.17. The summed E-state index contributed by atoms with van der Waals surface area (Å²) in [7, 11) is 0. The van der Waals surface area contributed by atoms with Gasteiger partial charge in [-0.3, -0.25) is 4.79 Å². The molecule has 0 aliphatic carbocycles. The van der Waals surface area contributed by atoms with Gasteiger partial charge in [-0.25, -0.2) is 5.43 Å². The van der Waals surface area contributed by atoms with Gasteiger partial charge in [0.15, 0.2) is 0 Å². The van der Waals surface area contributed by atoms with Crippen molar-refractivity contribution in [2.24, 2.45) is 5.10 Å². The zero-order chi connectivity index (χ0) is 19.1. The predicted molar refractivity (Wildman–Crippen MR) is 109 cm³/mol. The second-order valence-corrected chi connectivity index (χ2v) is 6.45. The van der Waals surface area contributed by atoms with Gasteiger partial charge in [0, 0.05) is 16.1 Å². The molecule has 0 aliphatic rings. The van der Waals surface area contributed by atoms with Gasteiger partial charge in [-0.05, 0) is 42.0 Å². The third kappa shape index (κ3) is 5.33. The quantitative estimate of drug-likeness (QED) is 0.450. The van der Waals surface area contributed by atoms with Gasteiger partial charge in [-0.15, -0.1) is 0 Å². The average Bonchev–Trinajstić information content (AvgIpc) is 2.69. The Balaban J connectivity index is 1.59. The molecule has 6 heteroatoms. The van der Waals surface area contributed by atoms with E-state index in [2.05, 4.69) is 10.5 Å². The minimum Gasteiger partial charge on any atom is -0.487 e. The molecule has 0 aromatic heterocycles. The zero-order valence-electron chi connectivity index (χ0n) is 14.2. The van der Waals surface area contributed by atoms with Gasteiger partial charge >= 0.3 is 0 Å². The second kappa shape index (κ2) is 9.21. The van der Waals surface area contributed by atoms with Crippen molar-refractivity contribution in [1.29, 1.82) is 0 Å². The molecule has 0 bridgehead atoms. The molecule has 3 rings (SSSR count). The molecule has 0 saturated carbocycles. The first-order valence-corrected chi connectivity index (χ1v) is 8.93. The monoisotopic (exact) mass is 398 g/mol. The van der Waals surface area contributed by atoms with E-state index in [1.165, 1.54) is 6.21 Å². The average molecular weight is 399 g/mol. The Hall–Kier alpha value is -2.82. The number of benzene rings is 3. The normalized spacial score (nSPS) is 10.7. The lowest BCUT2D eigenvalue weighted by Gasteiger charge is -2.09. The van der Waals surface area contributed by atoms with E-state index in [-0.39, 0.29) is 5.91 Å². The van der Waals surface area contributed by atoms with Gasteiger partial charge in [0.05, 0.1) is 11.2 Å². The number of carbonyl (C=O) groups excluding carboxylic acids is 1. The Morgan fingerprint density at radius 3 is 2.44 bits per heavy atom. The Morgan fingerprint density at radius 1 is 0.963 bits per heavy atom. The Bertz CT molecular complexity index is 959. The van der Waals surface area contributed by atoms with E-state index in [0.29, 0.717) is 28.0 Å². The molecule has 0 saturated heterocycles. The molecule has 0 aliphatic heterocycles. The first kappa shape index (κ1) is 19.0. The first-order valence-electron chi connectivity index (χ1n) is 8.17. The lowest BCUT2D eigenvalue weighted by atomic mass is 10.2. The van der Waals surface area contributed by atoms with Gasteiger partial charge in [-0.2, -0.15) is 5.10 Å². The summed E-state index contributed by atoms with van der Waals surface area (Å²) in [5, 5.41) is 5.04. The van der Waals surface area contributed by atoms with E-state index >= 15 is 0 Å². The summed E-state index contributed by atoms with van der Waals surface area (Å²) in [5.74, 6) is 0.264. The highest BCUT2D eigenvalue weighted by Crippen LogP contribution is 2.26. The number of nitrogens with zero attached hydrogens (tertiary/aromatic N) is 1. The molecule has 3 aromatic rings. The molecule has 0 radical (unpaired) electrons. The van der Waals surface area contributed by atoms with E-state index in [4.69, 9.17) is 27.9 Å². The van der Waals surface area contributed by atoms with E-state index in [0.717, 1.165) is 11.1 Å². The number of halogens is 2. The van der Waals surface area contributed by atoms with Crippen molar-refractivity contribution in [2.45, 2.75) is 6.61 Å². The number of amides is 1. The van der Waals surface area contributed by atoms with E-state index in [1.807, 2.05) is 30.3 Å². The third-order valence-corrected chi connectivity index (χ3v) is 4.38. The maximum absolute atomic E-state index is 11.9.